The normalized spacial score (nSPS) is 58.1. The Kier molecular flexibility index (Phi) is 3.30. The van der Waals surface area contributed by atoms with Crippen molar-refractivity contribution in [3.8, 4) is 0 Å². The minimum absolute atomic E-state index is 0.118. The van der Waals surface area contributed by atoms with Gasteiger partial charge in [0.05, 0.1) is 12.2 Å². The summed E-state index contributed by atoms with van der Waals surface area (Å²) in [6.07, 6.45) is 8.51. The number of fused-ring (bicyclic) bond motifs is 5. The van der Waals surface area contributed by atoms with Crippen LogP contribution in [0, 0.1) is 34.5 Å². The smallest absolute Gasteiger partial charge is 0.111 e. The van der Waals surface area contributed by atoms with E-state index in [2.05, 4.69) is 19.9 Å². The molecule has 0 saturated heterocycles. The first-order valence-corrected chi connectivity index (χ1v) is 8.99. The number of aliphatic hydroxyl groups is 3. The molecule has 4 nitrogen and oxygen atoms in total. The summed E-state index contributed by atoms with van der Waals surface area (Å²) in [5.41, 5.74) is 6.03. The number of hydrogen-bond donors (Lipinski definition) is 4. The molecule has 4 rings (SSSR count). The second-order valence-corrected chi connectivity index (χ2v) is 8.88. The lowest BCUT2D eigenvalue weighted by molar-refractivity contribution is -0.132. The van der Waals surface area contributed by atoms with Crippen LogP contribution in [0.25, 0.3) is 0 Å². The average molecular weight is 319 g/mol. The molecule has 0 aromatic rings. The summed E-state index contributed by atoms with van der Waals surface area (Å²) < 4.78 is 0. The van der Waals surface area contributed by atoms with Crippen LogP contribution in [0.2, 0.25) is 0 Å². The minimum atomic E-state index is -0.452. The van der Waals surface area contributed by atoms with Crippen molar-refractivity contribution in [3.63, 3.8) is 0 Å². The van der Waals surface area contributed by atoms with Gasteiger partial charge in [0.15, 0.2) is 0 Å². The van der Waals surface area contributed by atoms with E-state index in [-0.39, 0.29) is 28.7 Å². The SMILES string of the molecule is C[C@]12C=CC(O)=C[C@H]1CC[C@@H]1[C@@H]2[C@@H](O)C[C@]2(C)[C@@H](N)[C@H](O)C[C@@H]12. The van der Waals surface area contributed by atoms with Gasteiger partial charge >= 0.3 is 0 Å². The lowest BCUT2D eigenvalue weighted by Gasteiger charge is -2.59. The molecule has 0 aliphatic heterocycles. The molecule has 0 radical (unpaired) electrons. The second-order valence-electron chi connectivity index (χ2n) is 8.88. The van der Waals surface area contributed by atoms with Gasteiger partial charge in [0.2, 0.25) is 0 Å². The van der Waals surface area contributed by atoms with Crippen molar-refractivity contribution in [3.05, 3.63) is 24.0 Å². The van der Waals surface area contributed by atoms with Gasteiger partial charge in [0.1, 0.15) is 5.76 Å². The Morgan fingerprint density at radius 3 is 2.65 bits per heavy atom. The molecule has 128 valence electrons. The number of nitrogens with two attached hydrogens (primary N) is 1. The van der Waals surface area contributed by atoms with E-state index >= 15 is 0 Å². The van der Waals surface area contributed by atoms with Crippen LogP contribution in [-0.4, -0.2) is 33.6 Å². The molecule has 3 saturated carbocycles. The molecule has 0 heterocycles. The zero-order valence-corrected chi connectivity index (χ0v) is 14.0. The van der Waals surface area contributed by atoms with Crippen molar-refractivity contribution in [1.82, 2.24) is 0 Å². The van der Waals surface area contributed by atoms with Gasteiger partial charge in [-0.3, -0.25) is 0 Å². The van der Waals surface area contributed by atoms with Crippen LogP contribution in [-0.2, 0) is 0 Å². The topological polar surface area (TPSA) is 86.7 Å². The molecule has 3 fully saturated rings. The summed E-state index contributed by atoms with van der Waals surface area (Å²) in [7, 11) is 0. The van der Waals surface area contributed by atoms with E-state index < -0.39 is 12.2 Å². The molecule has 4 heteroatoms. The van der Waals surface area contributed by atoms with Gasteiger partial charge in [0, 0.05) is 6.04 Å². The molecular formula is C19H29NO3. The lowest BCUT2D eigenvalue weighted by atomic mass is 9.46. The summed E-state index contributed by atoms with van der Waals surface area (Å²) in [6.45, 7) is 4.39. The number of aliphatic hydroxyl groups excluding tert-OH is 3. The van der Waals surface area contributed by atoms with Crippen LogP contribution < -0.4 is 5.73 Å². The number of allylic oxidation sites excluding steroid dienone is 3. The van der Waals surface area contributed by atoms with Crippen LogP contribution in [0.5, 0.6) is 0 Å². The fraction of sp³-hybridized carbons (Fsp3) is 0.789. The molecule has 5 N–H and O–H groups in total. The van der Waals surface area contributed by atoms with Crippen molar-refractivity contribution in [2.45, 2.75) is 57.8 Å². The van der Waals surface area contributed by atoms with Crippen LogP contribution in [0.3, 0.4) is 0 Å². The number of hydrogen-bond acceptors (Lipinski definition) is 4. The quantitative estimate of drug-likeness (QED) is 0.551. The van der Waals surface area contributed by atoms with E-state index in [4.69, 9.17) is 5.73 Å². The van der Waals surface area contributed by atoms with E-state index in [9.17, 15) is 15.3 Å². The standard InChI is InChI=1S/C19H29NO3/c1-18-6-5-11(21)7-10(18)3-4-12-13-8-14(22)17(20)19(13,2)9-15(23)16(12)18/h5-7,10,12-17,21-23H,3-4,8-9,20H2,1-2H3/t10-,12+,13+,14-,15+,16-,17+,18+,19+/m1/s1. The Bertz CT molecular complexity index is 573. The van der Waals surface area contributed by atoms with Crippen LogP contribution >= 0.6 is 0 Å². The molecule has 0 spiro atoms. The predicted molar refractivity (Wildman–Crippen MR) is 88.5 cm³/mol. The van der Waals surface area contributed by atoms with Crippen LogP contribution in [0.15, 0.2) is 24.0 Å². The molecule has 0 bridgehead atoms. The lowest BCUT2D eigenvalue weighted by Crippen LogP contribution is -2.59. The molecule has 0 aromatic heterocycles. The first-order valence-electron chi connectivity index (χ1n) is 8.99. The molecule has 23 heavy (non-hydrogen) atoms. The van der Waals surface area contributed by atoms with Gasteiger partial charge in [-0.15, -0.1) is 0 Å². The van der Waals surface area contributed by atoms with E-state index in [0.29, 0.717) is 24.0 Å². The van der Waals surface area contributed by atoms with Crippen molar-refractivity contribution < 1.29 is 15.3 Å². The summed E-state index contributed by atoms with van der Waals surface area (Å²) >= 11 is 0. The molecule has 0 unspecified atom stereocenters. The summed E-state index contributed by atoms with van der Waals surface area (Å²) in [4.78, 5) is 0. The van der Waals surface area contributed by atoms with E-state index in [1.807, 2.05) is 6.08 Å². The monoisotopic (exact) mass is 319 g/mol. The first-order chi connectivity index (χ1) is 10.8. The molecule has 0 aromatic carbocycles. The van der Waals surface area contributed by atoms with E-state index in [1.54, 1.807) is 6.08 Å². The fourth-order valence-electron chi connectivity index (χ4n) is 6.64. The van der Waals surface area contributed by atoms with Crippen molar-refractivity contribution in [1.29, 1.82) is 0 Å². The molecular weight excluding hydrogens is 290 g/mol. The van der Waals surface area contributed by atoms with Crippen LogP contribution in [0.4, 0.5) is 0 Å². The maximum absolute atomic E-state index is 11.0. The van der Waals surface area contributed by atoms with E-state index in [1.165, 1.54) is 0 Å². The highest BCUT2D eigenvalue weighted by Gasteiger charge is 2.63. The summed E-state index contributed by atoms with van der Waals surface area (Å²) in [6, 6.07) is -0.237. The van der Waals surface area contributed by atoms with Gasteiger partial charge in [-0.2, -0.15) is 0 Å². The predicted octanol–water partition coefficient (Wildman–Crippen LogP) is 2.13. The highest BCUT2D eigenvalue weighted by atomic mass is 16.3. The molecule has 4 aliphatic carbocycles. The fourth-order valence-corrected chi connectivity index (χ4v) is 6.64. The molecule has 4 aliphatic rings. The van der Waals surface area contributed by atoms with Gasteiger partial charge in [0.25, 0.3) is 0 Å². The van der Waals surface area contributed by atoms with Gasteiger partial charge in [-0.25, -0.2) is 0 Å². The zero-order chi connectivity index (χ0) is 16.6. The summed E-state index contributed by atoms with van der Waals surface area (Å²) in [5, 5.41) is 31.2. The maximum atomic E-state index is 11.0. The Labute approximate surface area is 138 Å². The molecule has 9 atom stereocenters. The highest BCUT2D eigenvalue weighted by molar-refractivity contribution is 5.28. The molecule has 0 amide bonds. The Hall–Kier alpha value is -0.840. The Balaban J connectivity index is 1.73. The van der Waals surface area contributed by atoms with E-state index in [0.717, 1.165) is 19.3 Å². The van der Waals surface area contributed by atoms with Gasteiger partial charge in [-0.05, 0) is 72.3 Å². The summed E-state index contributed by atoms with van der Waals surface area (Å²) in [5.74, 6) is 1.59. The average Bonchev–Trinajstić information content (AvgIpc) is 2.71. The van der Waals surface area contributed by atoms with Gasteiger partial charge in [-0.1, -0.05) is 19.9 Å². The zero-order valence-electron chi connectivity index (χ0n) is 14.0. The van der Waals surface area contributed by atoms with Crippen LogP contribution in [0.1, 0.15) is 39.5 Å². The second kappa shape index (κ2) is 4.84. The van der Waals surface area contributed by atoms with Gasteiger partial charge < -0.3 is 21.1 Å². The van der Waals surface area contributed by atoms with Crippen molar-refractivity contribution in [2.24, 2.45) is 40.2 Å². The third-order valence-electron chi connectivity index (χ3n) is 7.87. The Morgan fingerprint density at radius 1 is 1.17 bits per heavy atom. The first kappa shape index (κ1) is 15.7. The minimum Gasteiger partial charge on any atom is -0.508 e. The maximum Gasteiger partial charge on any atom is 0.111 e. The largest absolute Gasteiger partial charge is 0.508 e. The van der Waals surface area contributed by atoms with Crippen molar-refractivity contribution in [2.75, 3.05) is 0 Å². The highest BCUT2D eigenvalue weighted by Crippen LogP contribution is 2.64. The Morgan fingerprint density at radius 2 is 1.91 bits per heavy atom. The third kappa shape index (κ3) is 1.95. The number of rotatable bonds is 0. The third-order valence-corrected chi connectivity index (χ3v) is 7.87. The van der Waals surface area contributed by atoms with Crippen molar-refractivity contribution >= 4 is 0 Å².